The molecule has 0 aliphatic rings. The number of rotatable bonds is 2. The maximum absolute atomic E-state index is 5.52. The standard InChI is InChI=1S/C8H9ClN2/c1-7(9)10-11-8-5-3-2-4-6-8/h2-6,11H,1H3/b10-7+. The van der Waals surface area contributed by atoms with Gasteiger partial charge in [-0.15, -0.1) is 0 Å². The van der Waals surface area contributed by atoms with Crippen LogP contribution in [0.15, 0.2) is 35.4 Å². The Morgan fingerprint density at radius 3 is 2.55 bits per heavy atom. The molecule has 0 fully saturated rings. The van der Waals surface area contributed by atoms with E-state index in [-0.39, 0.29) is 0 Å². The molecule has 0 unspecified atom stereocenters. The van der Waals surface area contributed by atoms with Crippen LogP contribution in [0.5, 0.6) is 0 Å². The zero-order valence-corrected chi connectivity index (χ0v) is 6.97. The van der Waals surface area contributed by atoms with Gasteiger partial charge in [0.2, 0.25) is 0 Å². The average Bonchev–Trinajstić information content (AvgIpc) is 2.03. The zero-order valence-electron chi connectivity index (χ0n) is 6.21. The van der Waals surface area contributed by atoms with E-state index >= 15 is 0 Å². The van der Waals surface area contributed by atoms with Gasteiger partial charge in [0.05, 0.1) is 5.69 Å². The molecule has 0 amide bonds. The Morgan fingerprint density at radius 1 is 1.36 bits per heavy atom. The quantitative estimate of drug-likeness (QED) is 0.533. The van der Waals surface area contributed by atoms with Crippen molar-refractivity contribution < 1.29 is 0 Å². The molecule has 1 rings (SSSR count). The summed E-state index contributed by atoms with van der Waals surface area (Å²) >= 11 is 5.52. The molecule has 1 aromatic carbocycles. The van der Waals surface area contributed by atoms with Crippen molar-refractivity contribution in [3.8, 4) is 0 Å². The van der Waals surface area contributed by atoms with Gasteiger partial charge in [0.25, 0.3) is 0 Å². The number of benzene rings is 1. The molecule has 0 aliphatic heterocycles. The maximum Gasteiger partial charge on any atom is 0.123 e. The van der Waals surface area contributed by atoms with Gasteiger partial charge in [-0.2, -0.15) is 5.10 Å². The van der Waals surface area contributed by atoms with Crippen LogP contribution in [0.25, 0.3) is 0 Å². The largest absolute Gasteiger partial charge is 0.277 e. The summed E-state index contributed by atoms with van der Waals surface area (Å²) in [6.07, 6.45) is 0. The van der Waals surface area contributed by atoms with E-state index in [0.717, 1.165) is 5.69 Å². The Bertz CT molecular complexity index is 240. The first-order chi connectivity index (χ1) is 5.29. The summed E-state index contributed by atoms with van der Waals surface area (Å²) in [6.45, 7) is 1.72. The summed E-state index contributed by atoms with van der Waals surface area (Å²) in [4.78, 5) is 0. The number of hydrogen-bond acceptors (Lipinski definition) is 2. The lowest BCUT2D eigenvalue weighted by Crippen LogP contribution is -1.89. The molecule has 0 saturated heterocycles. The van der Waals surface area contributed by atoms with Crippen molar-refractivity contribution in [1.82, 2.24) is 0 Å². The van der Waals surface area contributed by atoms with Crippen LogP contribution >= 0.6 is 11.6 Å². The van der Waals surface area contributed by atoms with Crippen LogP contribution in [0.2, 0.25) is 0 Å². The fraction of sp³-hybridized carbons (Fsp3) is 0.125. The highest BCUT2D eigenvalue weighted by atomic mass is 35.5. The minimum Gasteiger partial charge on any atom is -0.277 e. The van der Waals surface area contributed by atoms with Crippen molar-refractivity contribution in [3.63, 3.8) is 0 Å². The normalized spacial score (nSPS) is 11.3. The number of hydrazone groups is 1. The molecule has 0 aliphatic carbocycles. The van der Waals surface area contributed by atoms with Gasteiger partial charge in [-0.05, 0) is 19.1 Å². The molecule has 0 bridgehead atoms. The predicted octanol–water partition coefficient (Wildman–Crippen LogP) is 2.67. The second-order valence-corrected chi connectivity index (χ2v) is 2.63. The molecule has 1 aromatic rings. The van der Waals surface area contributed by atoms with Crippen LogP contribution in [0.1, 0.15) is 6.92 Å². The molecule has 0 heterocycles. The van der Waals surface area contributed by atoms with Crippen LogP contribution in [0.4, 0.5) is 5.69 Å². The average molecular weight is 169 g/mol. The molecule has 0 spiro atoms. The van der Waals surface area contributed by atoms with E-state index in [2.05, 4.69) is 10.5 Å². The van der Waals surface area contributed by atoms with Crippen molar-refractivity contribution >= 4 is 22.5 Å². The van der Waals surface area contributed by atoms with E-state index in [1.165, 1.54) is 0 Å². The summed E-state index contributed by atoms with van der Waals surface area (Å²) < 4.78 is 0. The van der Waals surface area contributed by atoms with E-state index in [4.69, 9.17) is 11.6 Å². The van der Waals surface area contributed by atoms with Crippen molar-refractivity contribution in [3.05, 3.63) is 30.3 Å². The fourth-order valence-corrected chi connectivity index (χ4v) is 0.697. The van der Waals surface area contributed by atoms with Gasteiger partial charge in [-0.3, -0.25) is 5.43 Å². The third-order valence-corrected chi connectivity index (χ3v) is 1.20. The summed E-state index contributed by atoms with van der Waals surface area (Å²) in [5.74, 6) is 0. The third-order valence-electron chi connectivity index (χ3n) is 1.11. The lowest BCUT2D eigenvalue weighted by atomic mass is 10.3. The summed E-state index contributed by atoms with van der Waals surface area (Å²) in [5, 5.41) is 4.32. The number of hydrogen-bond donors (Lipinski definition) is 1. The van der Waals surface area contributed by atoms with E-state index in [9.17, 15) is 0 Å². The summed E-state index contributed by atoms with van der Waals surface area (Å²) in [7, 11) is 0. The number of halogens is 1. The number of para-hydroxylation sites is 1. The SMILES string of the molecule is C/C(Cl)=N\Nc1ccccc1. The van der Waals surface area contributed by atoms with Crippen LogP contribution in [0.3, 0.4) is 0 Å². The molecule has 0 saturated carbocycles. The van der Waals surface area contributed by atoms with Gasteiger partial charge in [-0.1, -0.05) is 29.8 Å². The van der Waals surface area contributed by atoms with Crippen LogP contribution < -0.4 is 5.43 Å². The first kappa shape index (κ1) is 8.08. The van der Waals surface area contributed by atoms with Crippen LogP contribution in [0, 0.1) is 0 Å². The molecule has 0 aromatic heterocycles. The lowest BCUT2D eigenvalue weighted by molar-refractivity contribution is 1.34. The second-order valence-electron chi connectivity index (χ2n) is 2.09. The Balaban J connectivity index is 2.59. The van der Waals surface area contributed by atoms with E-state index in [1.54, 1.807) is 6.92 Å². The number of anilines is 1. The fourth-order valence-electron chi connectivity index (χ4n) is 0.654. The van der Waals surface area contributed by atoms with Gasteiger partial charge < -0.3 is 0 Å². The maximum atomic E-state index is 5.52. The van der Waals surface area contributed by atoms with Gasteiger partial charge in [-0.25, -0.2) is 0 Å². The van der Waals surface area contributed by atoms with Crippen molar-refractivity contribution in [1.29, 1.82) is 0 Å². The Labute approximate surface area is 70.9 Å². The van der Waals surface area contributed by atoms with Crippen molar-refractivity contribution in [2.45, 2.75) is 6.92 Å². The highest BCUT2D eigenvalue weighted by Gasteiger charge is 1.84. The molecule has 0 radical (unpaired) electrons. The number of nitrogens with one attached hydrogen (secondary N) is 1. The second kappa shape index (κ2) is 3.98. The predicted molar refractivity (Wildman–Crippen MR) is 49.0 cm³/mol. The third kappa shape index (κ3) is 3.05. The lowest BCUT2D eigenvalue weighted by Gasteiger charge is -1.97. The number of nitrogens with zero attached hydrogens (tertiary/aromatic N) is 1. The van der Waals surface area contributed by atoms with Gasteiger partial charge in [0.1, 0.15) is 5.17 Å². The van der Waals surface area contributed by atoms with Gasteiger partial charge in [0, 0.05) is 0 Å². The van der Waals surface area contributed by atoms with Gasteiger partial charge >= 0.3 is 0 Å². The molecular formula is C8H9ClN2. The van der Waals surface area contributed by atoms with Crippen molar-refractivity contribution in [2.24, 2.45) is 5.10 Å². The summed E-state index contributed by atoms with van der Waals surface area (Å²) in [5.41, 5.74) is 3.74. The Hall–Kier alpha value is -1.02. The molecule has 3 heteroatoms. The smallest absolute Gasteiger partial charge is 0.123 e. The first-order valence-corrected chi connectivity index (χ1v) is 3.67. The molecule has 1 N–H and O–H groups in total. The molecule has 0 atom stereocenters. The molecular weight excluding hydrogens is 160 g/mol. The Kier molecular flexibility index (Phi) is 2.93. The molecule has 11 heavy (non-hydrogen) atoms. The van der Waals surface area contributed by atoms with E-state index in [1.807, 2.05) is 30.3 Å². The molecule has 2 nitrogen and oxygen atoms in total. The molecule has 58 valence electrons. The highest BCUT2D eigenvalue weighted by Crippen LogP contribution is 2.04. The monoisotopic (exact) mass is 168 g/mol. The van der Waals surface area contributed by atoms with Crippen LogP contribution in [-0.4, -0.2) is 5.17 Å². The topological polar surface area (TPSA) is 24.4 Å². The first-order valence-electron chi connectivity index (χ1n) is 3.30. The van der Waals surface area contributed by atoms with Gasteiger partial charge in [0.15, 0.2) is 0 Å². The minimum atomic E-state index is 0.494. The van der Waals surface area contributed by atoms with E-state index < -0.39 is 0 Å². The van der Waals surface area contributed by atoms with Crippen molar-refractivity contribution in [2.75, 3.05) is 5.43 Å². The van der Waals surface area contributed by atoms with Crippen LogP contribution in [-0.2, 0) is 0 Å². The minimum absolute atomic E-state index is 0.494. The highest BCUT2D eigenvalue weighted by molar-refractivity contribution is 6.64. The summed E-state index contributed by atoms with van der Waals surface area (Å²) in [6, 6.07) is 9.65. The Morgan fingerprint density at radius 2 is 2.00 bits per heavy atom. The zero-order chi connectivity index (χ0) is 8.10. The van der Waals surface area contributed by atoms with E-state index in [0.29, 0.717) is 5.17 Å².